The van der Waals surface area contributed by atoms with Gasteiger partial charge in [-0.2, -0.15) is 0 Å². The highest BCUT2D eigenvalue weighted by Crippen LogP contribution is 2.27. The maximum Gasteiger partial charge on any atom is 0.219 e. The summed E-state index contributed by atoms with van der Waals surface area (Å²) >= 11 is 0. The molecule has 0 aromatic rings. The Labute approximate surface area is 63.9 Å². The highest BCUT2D eigenvalue weighted by molar-refractivity contribution is 8.76. The molecule has 0 rings (SSSR count). The molecule has 0 atom stereocenters. The molecule has 0 aromatic heterocycles. The van der Waals surface area contributed by atoms with Gasteiger partial charge in [-0.05, 0) is 0 Å². The van der Waals surface area contributed by atoms with Crippen molar-refractivity contribution in [2.75, 3.05) is 7.05 Å². The van der Waals surface area contributed by atoms with E-state index in [1.807, 2.05) is 0 Å². The van der Waals surface area contributed by atoms with Crippen LogP contribution in [-0.2, 0) is 4.79 Å². The van der Waals surface area contributed by atoms with Crippen LogP contribution in [0.3, 0.4) is 0 Å². The lowest BCUT2D eigenvalue weighted by Gasteiger charge is -2.08. The SMILES string of the molecule is CC(C)SSN(C)C=O. The smallest absolute Gasteiger partial charge is 0.219 e. The van der Waals surface area contributed by atoms with Crippen molar-refractivity contribution in [1.29, 1.82) is 0 Å². The van der Waals surface area contributed by atoms with Crippen molar-refractivity contribution in [3.8, 4) is 0 Å². The van der Waals surface area contributed by atoms with Crippen LogP contribution in [0.4, 0.5) is 0 Å². The first-order chi connectivity index (χ1) is 4.16. The number of hydrogen-bond donors (Lipinski definition) is 0. The van der Waals surface area contributed by atoms with Gasteiger partial charge in [0, 0.05) is 23.3 Å². The normalized spacial score (nSPS) is 9.78. The van der Waals surface area contributed by atoms with Gasteiger partial charge in [-0.25, -0.2) is 0 Å². The molecule has 0 unspecified atom stereocenters. The first kappa shape index (κ1) is 9.17. The molecule has 2 nitrogen and oxygen atoms in total. The molecule has 0 N–H and O–H groups in total. The number of nitrogens with zero attached hydrogens (tertiary/aromatic N) is 1. The van der Waals surface area contributed by atoms with Gasteiger partial charge in [-0.3, -0.25) is 9.10 Å². The fraction of sp³-hybridized carbons (Fsp3) is 0.800. The molecule has 54 valence electrons. The van der Waals surface area contributed by atoms with Gasteiger partial charge in [0.05, 0.1) is 0 Å². The fourth-order valence-corrected chi connectivity index (χ4v) is 1.54. The van der Waals surface area contributed by atoms with Crippen LogP contribution in [-0.4, -0.2) is 23.0 Å². The number of carbonyl (C=O) groups is 1. The predicted octanol–water partition coefficient (Wildman–Crippen LogP) is 1.78. The molecule has 0 aliphatic carbocycles. The zero-order valence-corrected chi connectivity index (χ0v) is 7.46. The van der Waals surface area contributed by atoms with Crippen LogP contribution in [0.1, 0.15) is 13.8 Å². The molecule has 0 spiro atoms. The Hall–Kier alpha value is 0.170. The monoisotopic (exact) mass is 165 g/mol. The Kier molecular flexibility index (Phi) is 5.09. The van der Waals surface area contributed by atoms with E-state index in [-0.39, 0.29) is 0 Å². The summed E-state index contributed by atoms with van der Waals surface area (Å²) in [5.74, 6) is 0. The van der Waals surface area contributed by atoms with Crippen molar-refractivity contribution in [1.82, 2.24) is 4.31 Å². The fourth-order valence-electron chi connectivity index (χ4n) is 0.172. The van der Waals surface area contributed by atoms with Gasteiger partial charge in [0.15, 0.2) is 0 Å². The second-order valence-electron chi connectivity index (χ2n) is 1.87. The van der Waals surface area contributed by atoms with Crippen LogP contribution in [0.25, 0.3) is 0 Å². The minimum absolute atomic E-state index is 0.567. The molecule has 0 aliphatic rings. The average molecular weight is 165 g/mol. The zero-order chi connectivity index (χ0) is 7.28. The topological polar surface area (TPSA) is 20.3 Å². The van der Waals surface area contributed by atoms with Gasteiger partial charge < -0.3 is 0 Å². The molecule has 0 saturated heterocycles. The number of hydrogen-bond acceptors (Lipinski definition) is 3. The maximum absolute atomic E-state index is 10.0. The van der Waals surface area contributed by atoms with E-state index in [1.54, 1.807) is 22.1 Å². The van der Waals surface area contributed by atoms with Crippen molar-refractivity contribution in [2.45, 2.75) is 19.1 Å². The molecule has 9 heavy (non-hydrogen) atoms. The van der Waals surface area contributed by atoms with Gasteiger partial charge in [-0.15, -0.1) is 0 Å². The van der Waals surface area contributed by atoms with Gasteiger partial charge in [0.1, 0.15) is 0 Å². The molecular formula is C5H11NOS2. The van der Waals surface area contributed by atoms with Crippen LogP contribution >= 0.6 is 21.8 Å². The second-order valence-corrected chi connectivity index (χ2v) is 4.76. The van der Waals surface area contributed by atoms with E-state index in [0.29, 0.717) is 5.25 Å². The van der Waals surface area contributed by atoms with E-state index >= 15 is 0 Å². The molecule has 0 saturated carbocycles. The third-order valence-corrected chi connectivity index (χ3v) is 3.41. The van der Waals surface area contributed by atoms with Crippen molar-refractivity contribution < 1.29 is 4.79 Å². The van der Waals surface area contributed by atoms with E-state index in [9.17, 15) is 4.79 Å². The highest BCUT2D eigenvalue weighted by Gasteiger charge is 1.97. The Morgan fingerprint density at radius 1 is 1.56 bits per heavy atom. The molecular weight excluding hydrogens is 154 g/mol. The average Bonchev–Trinajstić information content (AvgIpc) is 1.83. The summed E-state index contributed by atoms with van der Waals surface area (Å²) in [7, 11) is 4.88. The van der Waals surface area contributed by atoms with Gasteiger partial charge in [0.25, 0.3) is 0 Å². The summed E-state index contributed by atoms with van der Waals surface area (Å²) < 4.78 is 1.55. The summed E-state index contributed by atoms with van der Waals surface area (Å²) in [6, 6.07) is 0. The third-order valence-electron chi connectivity index (χ3n) is 0.501. The molecule has 0 bridgehead atoms. The lowest BCUT2D eigenvalue weighted by molar-refractivity contribution is -0.112. The van der Waals surface area contributed by atoms with E-state index in [0.717, 1.165) is 6.41 Å². The van der Waals surface area contributed by atoms with Gasteiger partial charge in [-0.1, -0.05) is 24.6 Å². The summed E-state index contributed by atoms with van der Waals surface area (Å²) in [5.41, 5.74) is 0. The van der Waals surface area contributed by atoms with Crippen LogP contribution in [0.5, 0.6) is 0 Å². The Balaban J connectivity index is 3.16. The standard InChI is InChI=1S/C5H11NOS2/c1-5(2)8-9-6(3)4-7/h4-5H,1-3H3. The van der Waals surface area contributed by atoms with Crippen molar-refractivity contribution >= 4 is 28.2 Å². The summed E-state index contributed by atoms with van der Waals surface area (Å²) in [6.45, 7) is 4.19. The minimum atomic E-state index is 0.567. The molecule has 0 aromatic carbocycles. The first-order valence-electron chi connectivity index (χ1n) is 2.68. The summed E-state index contributed by atoms with van der Waals surface area (Å²) in [4.78, 5) is 10.0. The van der Waals surface area contributed by atoms with E-state index in [1.165, 1.54) is 11.0 Å². The van der Waals surface area contributed by atoms with Crippen molar-refractivity contribution in [3.05, 3.63) is 0 Å². The van der Waals surface area contributed by atoms with Crippen LogP contribution in [0.2, 0.25) is 0 Å². The maximum atomic E-state index is 10.0. The predicted molar refractivity (Wildman–Crippen MR) is 44.1 cm³/mol. The number of amides is 1. The number of rotatable bonds is 4. The van der Waals surface area contributed by atoms with E-state index in [4.69, 9.17) is 0 Å². The zero-order valence-electron chi connectivity index (χ0n) is 5.83. The minimum Gasteiger partial charge on any atom is -0.283 e. The quantitative estimate of drug-likeness (QED) is 0.360. The summed E-state index contributed by atoms with van der Waals surface area (Å²) in [5, 5.41) is 0.567. The third kappa shape index (κ3) is 6.05. The Bertz CT molecular complexity index is 87.0. The lowest BCUT2D eigenvalue weighted by Crippen LogP contribution is -2.03. The molecule has 1 amide bonds. The Morgan fingerprint density at radius 2 is 2.11 bits per heavy atom. The lowest BCUT2D eigenvalue weighted by atomic mass is 10.6. The summed E-state index contributed by atoms with van der Waals surface area (Å²) in [6.07, 6.45) is 0.806. The van der Waals surface area contributed by atoms with Crippen LogP contribution in [0, 0.1) is 0 Å². The molecule has 0 heterocycles. The van der Waals surface area contributed by atoms with Gasteiger partial charge in [0.2, 0.25) is 6.41 Å². The largest absolute Gasteiger partial charge is 0.283 e. The highest BCUT2D eigenvalue weighted by atomic mass is 33.1. The molecule has 4 heteroatoms. The molecule has 0 radical (unpaired) electrons. The van der Waals surface area contributed by atoms with Crippen LogP contribution in [0.15, 0.2) is 0 Å². The first-order valence-corrected chi connectivity index (χ1v) is 4.85. The van der Waals surface area contributed by atoms with E-state index in [2.05, 4.69) is 13.8 Å². The molecule has 0 aliphatic heterocycles. The van der Waals surface area contributed by atoms with Crippen molar-refractivity contribution in [3.63, 3.8) is 0 Å². The number of carbonyl (C=O) groups excluding carboxylic acids is 1. The van der Waals surface area contributed by atoms with Crippen LogP contribution < -0.4 is 0 Å². The van der Waals surface area contributed by atoms with Gasteiger partial charge >= 0.3 is 0 Å². The van der Waals surface area contributed by atoms with Crippen molar-refractivity contribution in [2.24, 2.45) is 0 Å². The van der Waals surface area contributed by atoms with E-state index < -0.39 is 0 Å². The Morgan fingerprint density at radius 3 is 2.44 bits per heavy atom. The molecule has 0 fully saturated rings. The second kappa shape index (κ2) is 4.99.